The van der Waals surface area contributed by atoms with Crippen LogP contribution in [0.5, 0.6) is 0 Å². The Labute approximate surface area is 116 Å². The van der Waals surface area contributed by atoms with E-state index in [9.17, 15) is 4.79 Å². The van der Waals surface area contributed by atoms with Crippen LogP contribution in [0, 0.1) is 11.8 Å². The van der Waals surface area contributed by atoms with Crippen LogP contribution in [0.4, 0.5) is 0 Å². The molecule has 0 radical (unpaired) electrons. The largest absolute Gasteiger partial charge is 0.340 e. The average molecular weight is 265 g/mol. The molecular formula is C15H27N3O. The summed E-state index contributed by atoms with van der Waals surface area (Å²) in [5.41, 5.74) is 5.82. The highest BCUT2D eigenvalue weighted by Crippen LogP contribution is 2.20. The molecule has 2 aliphatic rings. The first-order chi connectivity index (χ1) is 9.06. The summed E-state index contributed by atoms with van der Waals surface area (Å²) in [5, 5.41) is 0. The van der Waals surface area contributed by atoms with Crippen molar-refractivity contribution in [2.45, 2.75) is 32.7 Å². The molecule has 2 atom stereocenters. The highest BCUT2D eigenvalue weighted by Gasteiger charge is 2.29. The lowest BCUT2D eigenvalue weighted by atomic mass is 10.1. The van der Waals surface area contributed by atoms with Gasteiger partial charge in [-0.05, 0) is 25.3 Å². The van der Waals surface area contributed by atoms with Crippen molar-refractivity contribution in [3.05, 3.63) is 12.2 Å². The fraction of sp³-hybridized carbons (Fsp3) is 0.800. The van der Waals surface area contributed by atoms with Crippen LogP contribution in [0.3, 0.4) is 0 Å². The van der Waals surface area contributed by atoms with E-state index in [0.29, 0.717) is 0 Å². The Balaban J connectivity index is 1.74. The number of piperazine rings is 1. The lowest BCUT2D eigenvalue weighted by molar-refractivity contribution is -0.135. The van der Waals surface area contributed by atoms with E-state index in [1.807, 2.05) is 17.1 Å². The lowest BCUT2D eigenvalue weighted by Crippen LogP contribution is -2.50. The Kier molecular flexibility index (Phi) is 4.99. The summed E-state index contributed by atoms with van der Waals surface area (Å²) in [6, 6.07) is 0.0706. The fourth-order valence-corrected chi connectivity index (χ4v) is 2.78. The second kappa shape index (κ2) is 6.53. The van der Waals surface area contributed by atoms with Gasteiger partial charge in [-0.2, -0.15) is 0 Å². The summed E-state index contributed by atoms with van der Waals surface area (Å²) in [6.07, 6.45) is 5.97. The number of hydrogen-bond acceptors (Lipinski definition) is 3. The van der Waals surface area contributed by atoms with E-state index in [4.69, 9.17) is 5.73 Å². The number of hydrogen-bond donors (Lipinski definition) is 1. The van der Waals surface area contributed by atoms with E-state index in [2.05, 4.69) is 18.7 Å². The maximum Gasteiger partial charge on any atom is 0.229 e. The first kappa shape index (κ1) is 14.5. The normalized spacial score (nSPS) is 28.3. The molecule has 1 fully saturated rings. The van der Waals surface area contributed by atoms with Crippen molar-refractivity contribution < 1.29 is 4.79 Å². The summed E-state index contributed by atoms with van der Waals surface area (Å²) in [5.74, 6) is 1.05. The molecule has 19 heavy (non-hydrogen) atoms. The van der Waals surface area contributed by atoms with Crippen molar-refractivity contribution in [3.8, 4) is 0 Å². The van der Waals surface area contributed by atoms with Crippen LogP contribution in [0.1, 0.15) is 26.7 Å². The van der Waals surface area contributed by atoms with E-state index in [0.717, 1.165) is 45.1 Å². The zero-order valence-electron chi connectivity index (χ0n) is 12.2. The van der Waals surface area contributed by atoms with Crippen LogP contribution in [0.15, 0.2) is 12.2 Å². The van der Waals surface area contributed by atoms with Crippen molar-refractivity contribution in [2.75, 3.05) is 32.7 Å². The number of rotatable bonds is 4. The molecule has 0 bridgehead atoms. The first-order valence-corrected chi connectivity index (χ1v) is 7.51. The van der Waals surface area contributed by atoms with Crippen LogP contribution in [-0.2, 0) is 4.79 Å². The van der Waals surface area contributed by atoms with Crippen LogP contribution in [-0.4, -0.2) is 54.5 Å². The monoisotopic (exact) mass is 265 g/mol. The van der Waals surface area contributed by atoms with Gasteiger partial charge in [0.2, 0.25) is 5.91 Å². The van der Waals surface area contributed by atoms with Gasteiger partial charge in [0.15, 0.2) is 0 Å². The topological polar surface area (TPSA) is 49.6 Å². The third kappa shape index (κ3) is 4.05. The van der Waals surface area contributed by atoms with E-state index in [1.165, 1.54) is 6.42 Å². The molecule has 0 aromatic heterocycles. The Morgan fingerprint density at radius 1 is 1.26 bits per heavy atom. The van der Waals surface area contributed by atoms with Gasteiger partial charge in [-0.25, -0.2) is 0 Å². The highest BCUT2D eigenvalue weighted by atomic mass is 16.2. The maximum absolute atomic E-state index is 12.3. The summed E-state index contributed by atoms with van der Waals surface area (Å²) < 4.78 is 0. The summed E-state index contributed by atoms with van der Waals surface area (Å²) in [4.78, 5) is 16.8. The lowest BCUT2D eigenvalue weighted by Gasteiger charge is -2.36. The quantitative estimate of drug-likeness (QED) is 0.774. The number of nitrogens with zero attached hydrogens (tertiary/aromatic N) is 2. The molecule has 0 aromatic carbocycles. The Morgan fingerprint density at radius 2 is 1.95 bits per heavy atom. The fourth-order valence-electron chi connectivity index (χ4n) is 2.78. The molecule has 2 rings (SSSR count). The SMILES string of the molecule is CC(C)CCN1CCN(C(=O)C2C=CC(N)C2)CC1. The van der Waals surface area contributed by atoms with Gasteiger partial charge in [-0.3, -0.25) is 9.69 Å². The number of carbonyl (C=O) groups excluding carboxylic acids is 1. The Hall–Kier alpha value is -0.870. The zero-order chi connectivity index (χ0) is 13.8. The minimum Gasteiger partial charge on any atom is -0.340 e. The second-order valence-electron chi connectivity index (χ2n) is 6.24. The molecule has 0 aromatic rings. The highest BCUT2D eigenvalue weighted by molar-refractivity contribution is 5.81. The van der Waals surface area contributed by atoms with Gasteiger partial charge in [0.25, 0.3) is 0 Å². The molecule has 1 amide bonds. The molecule has 4 heteroatoms. The second-order valence-corrected chi connectivity index (χ2v) is 6.24. The van der Waals surface area contributed by atoms with Gasteiger partial charge in [-0.1, -0.05) is 26.0 Å². The molecule has 2 unspecified atom stereocenters. The van der Waals surface area contributed by atoms with Gasteiger partial charge in [0.05, 0.1) is 5.92 Å². The molecule has 0 saturated carbocycles. The van der Waals surface area contributed by atoms with Crippen molar-refractivity contribution in [2.24, 2.45) is 17.6 Å². The molecular weight excluding hydrogens is 238 g/mol. The third-order valence-electron chi connectivity index (χ3n) is 4.14. The molecule has 108 valence electrons. The van der Waals surface area contributed by atoms with E-state index in [1.54, 1.807) is 0 Å². The summed E-state index contributed by atoms with van der Waals surface area (Å²) in [6.45, 7) is 9.45. The summed E-state index contributed by atoms with van der Waals surface area (Å²) >= 11 is 0. The van der Waals surface area contributed by atoms with Crippen molar-refractivity contribution >= 4 is 5.91 Å². The Bertz CT molecular complexity index is 332. The minimum atomic E-state index is 0.0252. The predicted octanol–water partition coefficient (Wildman–Crippen LogP) is 1.08. The number of amides is 1. The van der Waals surface area contributed by atoms with Gasteiger partial charge < -0.3 is 10.6 Å². The standard InChI is InChI=1S/C15H27N3O/c1-12(2)5-6-17-7-9-18(10-8-17)15(19)13-3-4-14(16)11-13/h3-4,12-14H,5-11,16H2,1-2H3. The smallest absolute Gasteiger partial charge is 0.229 e. The number of carbonyl (C=O) groups is 1. The molecule has 1 heterocycles. The number of nitrogens with two attached hydrogens (primary N) is 1. The van der Waals surface area contributed by atoms with Gasteiger partial charge >= 0.3 is 0 Å². The van der Waals surface area contributed by atoms with Gasteiger partial charge in [0, 0.05) is 32.2 Å². The molecule has 4 nitrogen and oxygen atoms in total. The summed E-state index contributed by atoms with van der Waals surface area (Å²) in [7, 11) is 0. The molecule has 1 saturated heterocycles. The van der Waals surface area contributed by atoms with Crippen LogP contribution in [0.2, 0.25) is 0 Å². The van der Waals surface area contributed by atoms with Crippen molar-refractivity contribution in [1.82, 2.24) is 9.80 Å². The molecule has 1 aliphatic heterocycles. The third-order valence-corrected chi connectivity index (χ3v) is 4.14. The molecule has 2 N–H and O–H groups in total. The maximum atomic E-state index is 12.3. The van der Waals surface area contributed by atoms with Crippen molar-refractivity contribution in [3.63, 3.8) is 0 Å². The van der Waals surface area contributed by atoms with Crippen LogP contribution in [0.25, 0.3) is 0 Å². The first-order valence-electron chi connectivity index (χ1n) is 7.51. The molecule has 0 spiro atoms. The minimum absolute atomic E-state index is 0.0252. The van der Waals surface area contributed by atoms with E-state index < -0.39 is 0 Å². The van der Waals surface area contributed by atoms with E-state index >= 15 is 0 Å². The zero-order valence-corrected chi connectivity index (χ0v) is 12.2. The van der Waals surface area contributed by atoms with Crippen molar-refractivity contribution in [1.29, 1.82) is 0 Å². The van der Waals surface area contributed by atoms with Gasteiger partial charge in [-0.15, -0.1) is 0 Å². The molecule has 1 aliphatic carbocycles. The average Bonchev–Trinajstić information content (AvgIpc) is 2.83. The van der Waals surface area contributed by atoms with E-state index in [-0.39, 0.29) is 17.9 Å². The van der Waals surface area contributed by atoms with Crippen LogP contribution < -0.4 is 5.73 Å². The van der Waals surface area contributed by atoms with Gasteiger partial charge in [0.1, 0.15) is 0 Å². The van der Waals surface area contributed by atoms with Crippen LogP contribution >= 0.6 is 0 Å². The predicted molar refractivity (Wildman–Crippen MR) is 77.7 cm³/mol. The Morgan fingerprint density at radius 3 is 2.47 bits per heavy atom.